The van der Waals surface area contributed by atoms with Crippen molar-refractivity contribution in [2.75, 3.05) is 41.0 Å². The zero-order chi connectivity index (χ0) is 15.7. The van der Waals surface area contributed by atoms with Crippen LogP contribution in [-0.4, -0.2) is 51.8 Å². The van der Waals surface area contributed by atoms with Crippen LogP contribution >= 0.6 is 0 Å². The Hall–Kier alpha value is -2.26. The van der Waals surface area contributed by atoms with E-state index in [1.54, 1.807) is 30.2 Å². The summed E-state index contributed by atoms with van der Waals surface area (Å²) in [5.74, 6) is 0.678. The van der Waals surface area contributed by atoms with Crippen LogP contribution < -0.4 is 9.47 Å². The lowest BCUT2D eigenvalue weighted by atomic mass is 10.1. The summed E-state index contributed by atoms with van der Waals surface area (Å²) < 4.78 is 15.5. The third-order valence-corrected chi connectivity index (χ3v) is 2.98. The summed E-state index contributed by atoms with van der Waals surface area (Å²) in [5.41, 5.74) is 0.408. The standard InChI is InChI=1S/C15H20N2O4/c1-19-11-10-17(9-5-8-16)15(18)12-6-4-7-13(20-2)14(12)21-3/h4,6-7H,5,9-11H2,1-3H3. The topological polar surface area (TPSA) is 71.8 Å². The van der Waals surface area contributed by atoms with Crippen molar-refractivity contribution in [3.05, 3.63) is 23.8 Å². The second-order valence-electron chi connectivity index (χ2n) is 4.23. The smallest absolute Gasteiger partial charge is 0.257 e. The zero-order valence-electron chi connectivity index (χ0n) is 12.6. The van der Waals surface area contributed by atoms with Gasteiger partial charge in [-0.1, -0.05) is 6.07 Å². The molecular formula is C15H20N2O4. The molecule has 6 heteroatoms. The van der Waals surface area contributed by atoms with Gasteiger partial charge in [0.25, 0.3) is 5.91 Å². The van der Waals surface area contributed by atoms with Crippen LogP contribution in [0.1, 0.15) is 16.8 Å². The van der Waals surface area contributed by atoms with Crippen LogP contribution in [0.3, 0.4) is 0 Å². The van der Waals surface area contributed by atoms with Crippen LogP contribution in [0, 0.1) is 11.3 Å². The Morgan fingerprint density at radius 2 is 2.00 bits per heavy atom. The minimum absolute atomic E-state index is 0.210. The lowest BCUT2D eigenvalue weighted by Gasteiger charge is -2.22. The summed E-state index contributed by atoms with van der Waals surface area (Å²) in [7, 11) is 4.58. The molecule has 1 rings (SSSR count). The molecule has 0 atom stereocenters. The first-order chi connectivity index (χ1) is 10.2. The Bertz CT molecular complexity index is 511. The highest BCUT2D eigenvalue weighted by Gasteiger charge is 2.21. The maximum Gasteiger partial charge on any atom is 0.257 e. The molecule has 0 aliphatic carbocycles. The maximum absolute atomic E-state index is 12.6. The molecule has 0 heterocycles. The summed E-state index contributed by atoms with van der Waals surface area (Å²) in [4.78, 5) is 14.2. The average Bonchev–Trinajstić information content (AvgIpc) is 2.53. The molecule has 0 aliphatic heterocycles. The van der Waals surface area contributed by atoms with E-state index in [1.807, 2.05) is 6.07 Å². The number of benzene rings is 1. The third kappa shape index (κ3) is 4.36. The van der Waals surface area contributed by atoms with Crippen molar-refractivity contribution in [3.8, 4) is 17.6 Å². The predicted molar refractivity (Wildman–Crippen MR) is 77.6 cm³/mol. The van der Waals surface area contributed by atoms with Crippen molar-refractivity contribution in [2.45, 2.75) is 6.42 Å². The van der Waals surface area contributed by atoms with Gasteiger partial charge in [0.15, 0.2) is 11.5 Å². The second kappa shape index (κ2) is 8.82. The summed E-state index contributed by atoms with van der Waals surface area (Å²) in [6.07, 6.45) is 0.266. The SMILES string of the molecule is COCCN(CCC#N)C(=O)c1cccc(OC)c1OC. The molecule has 0 aliphatic rings. The van der Waals surface area contributed by atoms with Gasteiger partial charge in [0.1, 0.15) is 0 Å². The van der Waals surface area contributed by atoms with Gasteiger partial charge in [-0.3, -0.25) is 4.79 Å². The van der Waals surface area contributed by atoms with E-state index >= 15 is 0 Å². The maximum atomic E-state index is 12.6. The van der Waals surface area contributed by atoms with Gasteiger partial charge >= 0.3 is 0 Å². The van der Waals surface area contributed by atoms with Gasteiger partial charge in [0.2, 0.25) is 0 Å². The van der Waals surface area contributed by atoms with Crippen LogP contribution in [0.2, 0.25) is 0 Å². The summed E-state index contributed by atoms with van der Waals surface area (Å²) >= 11 is 0. The number of carbonyl (C=O) groups excluding carboxylic acids is 1. The Kier molecular flexibility index (Phi) is 7.05. The van der Waals surface area contributed by atoms with E-state index in [0.717, 1.165) is 0 Å². The molecule has 114 valence electrons. The fraction of sp³-hybridized carbons (Fsp3) is 0.467. The minimum Gasteiger partial charge on any atom is -0.493 e. The Labute approximate surface area is 124 Å². The first kappa shape index (κ1) is 16.8. The van der Waals surface area contributed by atoms with Crippen LogP contribution in [0.5, 0.6) is 11.5 Å². The van der Waals surface area contributed by atoms with Crippen molar-refractivity contribution in [1.29, 1.82) is 5.26 Å². The van der Waals surface area contributed by atoms with Crippen LogP contribution in [0.25, 0.3) is 0 Å². The van der Waals surface area contributed by atoms with E-state index < -0.39 is 0 Å². The predicted octanol–water partition coefficient (Wildman–Crippen LogP) is 1.71. The number of carbonyl (C=O) groups is 1. The van der Waals surface area contributed by atoms with Gasteiger partial charge in [-0.15, -0.1) is 0 Å². The van der Waals surface area contributed by atoms with E-state index in [-0.39, 0.29) is 12.3 Å². The molecule has 1 aromatic rings. The van der Waals surface area contributed by atoms with E-state index in [1.165, 1.54) is 14.2 Å². The first-order valence-corrected chi connectivity index (χ1v) is 6.55. The van der Waals surface area contributed by atoms with E-state index in [9.17, 15) is 4.79 Å². The van der Waals surface area contributed by atoms with Gasteiger partial charge in [-0.05, 0) is 12.1 Å². The summed E-state index contributed by atoms with van der Waals surface area (Å²) in [5, 5.41) is 8.71. The monoisotopic (exact) mass is 292 g/mol. The highest BCUT2D eigenvalue weighted by molar-refractivity contribution is 5.97. The number of hydrogen-bond donors (Lipinski definition) is 0. The molecule has 0 saturated carbocycles. The van der Waals surface area contributed by atoms with Crippen molar-refractivity contribution in [3.63, 3.8) is 0 Å². The Morgan fingerprint density at radius 1 is 1.24 bits per heavy atom. The average molecular weight is 292 g/mol. The number of ether oxygens (including phenoxy) is 3. The number of nitrogens with zero attached hydrogens (tertiary/aromatic N) is 2. The van der Waals surface area contributed by atoms with Gasteiger partial charge < -0.3 is 19.1 Å². The molecule has 0 bridgehead atoms. The quantitative estimate of drug-likeness (QED) is 0.729. The van der Waals surface area contributed by atoms with Crippen LogP contribution in [0.4, 0.5) is 0 Å². The Balaban J connectivity index is 3.04. The van der Waals surface area contributed by atoms with Crippen LogP contribution in [0.15, 0.2) is 18.2 Å². The van der Waals surface area contributed by atoms with E-state index in [2.05, 4.69) is 0 Å². The first-order valence-electron chi connectivity index (χ1n) is 6.55. The fourth-order valence-electron chi connectivity index (χ4n) is 1.93. The third-order valence-electron chi connectivity index (χ3n) is 2.98. The largest absolute Gasteiger partial charge is 0.493 e. The fourth-order valence-corrected chi connectivity index (χ4v) is 1.93. The highest BCUT2D eigenvalue weighted by atomic mass is 16.5. The van der Waals surface area contributed by atoms with Gasteiger partial charge in [0, 0.05) is 20.2 Å². The van der Waals surface area contributed by atoms with Crippen LogP contribution in [-0.2, 0) is 4.74 Å². The molecule has 0 radical (unpaired) electrons. The normalized spacial score (nSPS) is 9.81. The molecule has 0 unspecified atom stereocenters. The summed E-state index contributed by atoms with van der Waals surface area (Å²) in [6.45, 7) is 1.17. The molecule has 0 fully saturated rings. The van der Waals surface area contributed by atoms with Gasteiger partial charge in [-0.2, -0.15) is 5.26 Å². The molecule has 0 saturated heterocycles. The summed E-state index contributed by atoms with van der Waals surface area (Å²) in [6, 6.07) is 7.17. The number of amides is 1. The molecule has 6 nitrogen and oxygen atoms in total. The molecule has 0 spiro atoms. The zero-order valence-corrected chi connectivity index (χ0v) is 12.6. The number of rotatable bonds is 8. The molecule has 0 N–H and O–H groups in total. The van der Waals surface area contributed by atoms with Crippen molar-refractivity contribution < 1.29 is 19.0 Å². The molecule has 0 aromatic heterocycles. The van der Waals surface area contributed by atoms with Crippen molar-refractivity contribution in [1.82, 2.24) is 4.90 Å². The number of hydrogen-bond acceptors (Lipinski definition) is 5. The van der Waals surface area contributed by atoms with Crippen molar-refractivity contribution >= 4 is 5.91 Å². The second-order valence-corrected chi connectivity index (χ2v) is 4.23. The lowest BCUT2D eigenvalue weighted by Crippen LogP contribution is -2.35. The number of para-hydroxylation sites is 1. The minimum atomic E-state index is -0.210. The number of nitriles is 1. The van der Waals surface area contributed by atoms with Gasteiger partial charge in [0.05, 0.1) is 38.9 Å². The Morgan fingerprint density at radius 3 is 2.57 bits per heavy atom. The molecule has 21 heavy (non-hydrogen) atoms. The molecule has 1 amide bonds. The van der Waals surface area contributed by atoms with Gasteiger partial charge in [-0.25, -0.2) is 0 Å². The lowest BCUT2D eigenvalue weighted by molar-refractivity contribution is 0.0696. The highest BCUT2D eigenvalue weighted by Crippen LogP contribution is 2.31. The van der Waals surface area contributed by atoms with E-state index in [4.69, 9.17) is 19.5 Å². The molecular weight excluding hydrogens is 272 g/mol. The van der Waals surface area contributed by atoms with Crippen molar-refractivity contribution in [2.24, 2.45) is 0 Å². The van der Waals surface area contributed by atoms with E-state index in [0.29, 0.717) is 36.8 Å². The molecule has 1 aromatic carbocycles. The number of methoxy groups -OCH3 is 3.